The summed E-state index contributed by atoms with van der Waals surface area (Å²) in [4.78, 5) is 11.9. The number of Topliss-reactive ketones (excluding diaryl/α,β-unsaturated/α-hetero) is 1. The monoisotopic (exact) mass is 196 g/mol. The normalized spacial score (nSPS) is 46.4. The van der Waals surface area contributed by atoms with E-state index in [1.54, 1.807) is 0 Å². The summed E-state index contributed by atoms with van der Waals surface area (Å²) < 4.78 is 0. The molecule has 1 N–H and O–H groups in total. The Morgan fingerprint density at radius 1 is 1.36 bits per heavy atom. The van der Waals surface area contributed by atoms with Gasteiger partial charge in [0.15, 0.2) is 0 Å². The molecule has 0 aromatic heterocycles. The predicted octanol–water partition coefficient (Wildman–Crippen LogP) is 2.01. The predicted molar refractivity (Wildman–Crippen MR) is 54.8 cm³/mol. The fourth-order valence-corrected chi connectivity index (χ4v) is 3.60. The number of rotatable bonds is 0. The van der Waals surface area contributed by atoms with Gasteiger partial charge in [-0.05, 0) is 24.2 Å². The topological polar surface area (TPSA) is 37.3 Å². The van der Waals surface area contributed by atoms with E-state index in [1.807, 2.05) is 0 Å². The fourth-order valence-electron chi connectivity index (χ4n) is 3.60. The van der Waals surface area contributed by atoms with E-state index in [4.69, 9.17) is 0 Å². The van der Waals surface area contributed by atoms with E-state index in [9.17, 15) is 9.90 Å². The first kappa shape index (κ1) is 10.2. The summed E-state index contributed by atoms with van der Waals surface area (Å²) in [6, 6.07) is 0. The lowest BCUT2D eigenvalue weighted by molar-refractivity contribution is -0.125. The van der Waals surface area contributed by atoms with Crippen molar-refractivity contribution in [1.82, 2.24) is 0 Å². The van der Waals surface area contributed by atoms with Gasteiger partial charge in [-0.25, -0.2) is 0 Å². The first-order valence-electron chi connectivity index (χ1n) is 5.64. The largest absolute Gasteiger partial charge is 0.393 e. The lowest BCUT2D eigenvalue weighted by atomic mass is 9.66. The lowest BCUT2D eigenvalue weighted by Gasteiger charge is -2.40. The Morgan fingerprint density at radius 2 is 2.00 bits per heavy atom. The summed E-state index contributed by atoms with van der Waals surface area (Å²) in [5.74, 6) is 1.19. The highest BCUT2D eigenvalue weighted by Gasteiger charge is 2.54. The molecule has 0 spiro atoms. The summed E-state index contributed by atoms with van der Waals surface area (Å²) in [5.41, 5.74) is 0.00977. The van der Waals surface area contributed by atoms with Crippen molar-refractivity contribution in [3.63, 3.8) is 0 Å². The molecule has 0 bridgehead atoms. The average Bonchev–Trinajstić information content (AvgIpc) is 2.30. The van der Waals surface area contributed by atoms with Gasteiger partial charge in [0.25, 0.3) is 0 Å². The molecule has 0 aliphatic heterocycles. The van der Waals surface area contributed by atoms with Gasteiger partial charge >= 0.3 is 0 Å². The van der Waals surface area contributed by atoms with Crippen LogP contribution in [-0.2, 0) is 4.79 Å². The number of aliphatic hydroxyl groups excluding tert-OH is 1. The molecule has 0 aromatic carbocycles. The molecule has 2 fully saturated rings. The van der Waals surface area contributed by atoms with Gasteiger partial charge in [-0.3, -0.25) is 4.79 Å². The standard InChI is InChI=1S/C12H20O2/c1-7-4-5-8(13)11-10(7)9(14)6-12(11,2)3/h7-8,10-11,13H,4-6H2,1-3H3/t7-,8+,10+,11-/m0/s1. The Balaban J connectivity index is 2.32. The molecule has 0 radical (unpaired) electrons. The molecule has 0 unspecified atom stereocenters. The number of aliphatic hydroxyl groups is 1. The molecule has 2 rings (SSSR count). The second kappa shape index (κ2) is 3.06. The van der Waals surface area contributed by atoms with Crippen LogP contribution in [0.25, 0.3) is 0 Å². The van der Waals surface area contributed by atoms with Gasteiger partial charge in [-0.1, -0.05) is 20.8 Å². The van der Waals surface area contributed by atoms with Gasteiger partial charge in [-0.2, -0.15) is 0 Å². The third-order valence-electron chi connectivity index (χ3n) is 4.24. The highest BCUT2D eigenvalue weighted by atomic mass is 16.3. The molecular weight excluding hydrogens is 176 g/mol. The molecule has 2 nitrogen and oxygen atoms in total. The molecule has 2 aliphatic rings. The highest BCUT2D eigenvalue weighted by molar-refractivity contribution is 5.85. The Morgan fingerprint density at radius 3 is 2.57 bits per heavy atom. The second-order valence-corrected chi connectivity index (χ2v) is 5.81. The summed E-state index contributed by atoms with van der Waals surface area (Å²) in [6.07, 6.45) is 2.28. The summed E-state index contributed by atoms with van der Waals surface area (Å²) in [7, 11) is 0. The summed E-state index contributed by atoms with van der Waals surface area (Å²) in [6.45, 7) is 6.40. The number of hydrogen-bond acceptors (Lipinski definition) is 2. The number of ketones is 1. The zero-order valence-electron chi connectivity index (χ0n) is 9.29. The zero-order valence-corrected chi connectivity index (χ0v) is 9.29. The van der Waals surface area contributed by atoms with Crippen molar-refractivity contribution in [3.05, 3.63) is 0 Å². The first-order valence-corrected chi connectivity index (χ1v) is 5.64. The van der Waals surface area contributed by atoms with Gasteiger partial charge in [-0.15, -0.1) is 0 Å². The van der Waals surface area contributed by atoms with E-state index in [0.29, 0.717) is 18.1 Å². The van der Waals surface area contributed by atoms with Crippen molar-refractivity contribution in [2.24, 2.45) is 23.2 Å². The van der Waals surface area contributed by atoms with Crippen LogP contribution in [0, 0.1) is 23.2 Å². The molecule has 0 heterocycles. The van der Waals surface area contributed by atoms with Crippen LogP contribution in [0.15, 0.2) is 0 Å². The van der Waals surface area contributed by atoms with Gasteiger partial charge < -0.3 is 5.11 Å². The number of carbonyl (C=O) groups excluding carboxylic acids is 1. The van der Waals surface area contributed by atoms with Gasteiger partial charge in [0.2, 0.25) is 0 Å². The number of carbonyl (C=O) groups is 1. The van der Waals surface area contributed by atoms with Crippen molar-refractivity contribution in [2.45, 2.75) is 46.1 Å². The van der Waals surface area contributed by atoms with Gasteiger partial charge in [0.1, 0.15) is 5.78 Å². The Kier molecular flexibility index (Phi) is 2.22. The molecule has 0 amide bonds. The molecule has 80 valence electrons. The van der Waals surface area contributed by atoms with E-state index in [2.05, 4.69) is 20.8 Å². The molecule has 4 atom stereocenters. The minimum Gasteiger partial charge on any atom is -0.393 e. The smallest absolute Gasteiger partial charge is 0.137 e. The molecule has 0 saturated heterocycles. The van der Waals surface area contributed by atoms with Crippen LogP contribution in [0.3, 0.4) is 0 Å². The van der Waals surface area contributed by atoms with Crippen LogP contribution in [0.2, 0.25) is 0 Å². The Hall–Kier alpha value is -0.370. The van der Waals surface area contributed by atoms with Crippen LogP contribution < -0.4 is 0 Å². The van der Waals surface area contributed by atoms with E-state index in [-0.39, 0.29) is 23.4 Å². The summed E-state index contributed by atoms with van der Waals surface area (Å²) in [5, 5.41) is 10.00. The van der Waals surface area contributed by atoms with Crippen LogP contribution >= 0.6 is 0 Å². The fraction of sp³-hybridized carbons (Fsp3) is 0.917. The van der Waals surface area contributed by atoms with Crippen molar-refractivity contribution >= 4 is 5.78 Å². The first-order chi connectivity index (χ1) is 6.43. The third kappa shape index (κ3) is 1.31. The Bertz CT molecular complexity index is 257. The number of hydrogen-bond donors (Lipinski definition) is 1. The molecule has 2 heteroatoms. The van der Waals surface area contributed by atoms with Gasteiger partial charge in [0.05, 0.1) is 6.10 Å². The third-order valence-corrected chi connectivity index (χ3v) is 4.24. The minimum atomic E-state index is -0.252. The maximum Gasteiger partial charge on any atom is 0.137 e. The molecule has 0 aromatic rings. The van der Waals surface area contributed by atoms with E-state index in [1.165, 1.54) is 0 Å². The van der Waals surface area contributed by atoms with Crippen molar-refractivity contribution in [2.75, 3.05) is 0 Å². The van der Waals surface area contributed by atoms with E-state index >= 15 is 0 Å². The second-order valence-electron chi connectivity index (χ2n) is 5.81. The lowest BCUT2D eigenvalue weighted by Crippen LogP contribution is -2.41. The van der Waals surface area contributed by atoms with Crippen LogP contribution in [0.4, 0.5) is 0 Å². The SMILES string of the molecule is C[C@H]1CC[C@@H](O)[C@H]2[C@H]1C(=O)CC2(C)C. The van der Waals surface area contributed by atoms with Crippen molar-refractivity contribution in [1.29, 1.82) is 0 Å². The van der Waals surface area contributed by atoms with Crippen LogP contribution in [0.5, 0.6) is 0 Å². The van der Waals surface area contributed by atoms with Gasteiger partial charge in [0, 0.05) is 18.3 Å². The molecule has 2 saturated carbocycles. The molecular formula is C12H20O2. The minimum absolute atomic E-state index is 0.00977. The average molecular weight is 196 g/mol. The van der Waals surface area contributed by atoms with E-state index < -0.39 is 0 Å². The molecule has 14 heavy (non-hydrogen) atoms. The maximum absolute atomic E-state index is 11.9. The Labute approximate surface area is 85.7 Å². The maximum atomic E-state index is 11.9. The highest BCUT2D eigenvalue weighted by Crippen LogP contribution is 2.52. The van der Waals surface area contributed by atoms with E-state index in [0.717, 1.165) is 12.8 Å². The number of fused-ring (bicyclic) bond motifs is 1. The van der Waals surface area contributed by atoms with Crippen molar-refractivity contribution in [3.8, 4) is 0 Å². The summed E-state index contributed by atoms with van der Waals surface area (Å²) >= 11 is 0. The zero-order chi connectivity index (χ0) is 10.5. The van der Waals surface area contributed by atoms with Crippen LogP contribution in [-0.4, -0.2) is 17.0 Å². The van der Waals surface area contributed by atoms with Crippen LogP contribution in [0.1, 0.15) is 40.0 Å². The van der Waals surface area contributed by atoms with Crippen molar-refractivity contribution < 1.29 is 9.90 Å². The molecule has 2 aliphatic carbocycles. The quantitative estimate of drug-likeness (QED) is 0.643.